The van der Waals surface area contributed by atoms with Crippen LogP contribution in [0.25, 0.3) is 0 Å². The van der Waals surface area contributed by atoms with E-state index in [2.05, 4.69) is 18.4 Å². The number of rotatable bonds is 4. The zero-order valence-electron chi connectivity index (χ0n) is 16.5. The first-order valence-electron chi connectivity index (χ1n) is 9.62. The Morgan fingerprint density at radius 2 is 1.76 bits per heavy atom. The first-order valence-corrected chi connectivity index (χ1v) is 11.1. The second-order valence-corrected chi connectivity index (χ2v) is 8.91. The van der Waals surface area contributed by atoms with Gasteiger partial charge in [-0.25, -0.2) is 12.8 Å². The molecule has 2 aromatic carbocycles. The maximum Gasteiger partial charge on any atom is 0.264 e. The summed E-state index contributed by atoms with van der Waals surface area (Å²) < 4.78 is 41.4. The Kier molecular flexibility index (Phi) is 6.56. The molecule has 5 heteroatoms. The minimum absolute atomic E-state index is 0.254. The van der Waals surface area contributed by atoms with Gasteiger partial charge in [0.2, 0.25) is 0 Å². The van der Waals surface area contributed by atoms with Crippen LogP contribution in [0.1, 0.15) is 36.8 Å². The van der Waals surface area contributed by atoms with Gasteiger partial charge in [0.05, 0.1) is 4.90 Å². The molecule has 3 rings (SSSR count). The number of allylic oxidation sites excluding steroid dienone is 3. The van der Waals surface area contributed by atoms with Crippen LogP contribution in [0, 0.1) is 24.6 Å². The zero-order valence-corrected chi connectivity index (χ0v) is 17.3. The average molecular weight is 410 g/mol. The molecule has 0 aromatic heterocycles. The Morgan fingerprint density at radius 3 is 2.41 bits per heavy atom. The summed E-state index contributed by atoms with van der Waals surface area (Å²) in [4.78, 5) is 0.254. The van der Waals surface area contributed by atoms with Crippen molar-refractivity contribution in [1.29, 1.82) is 0 Å². The van der Waals surface area contributed by atoms with E-state index < -0.39 is 10.0 Å². The molecule has 1 aliphatic heterocycles. The molecule has 0 saturated heterocycles. The molecule has 1 heterocycles. The third kappa shape index (κ3) is 4.96. The molecule has 0 saturated carbocycles. The number of hydrogen-bond acceptors (Lipinski definition) is 2. The third-order valence-electron chi connectivity index (χ3n) is 4.84. The van der Waals surface area contributed by atoms with Crippen LogP contribution in [-0.4, -0.2) is 19.3 Å². The summed E-state index contributed by atoms with van der Waals surface area (Å²) in [6, 6.07) is 12.7. The number of aryl methyl sites for hydroxylation is 1. The van der Waals surface area contributed by atoms with Gasteiger partial charge in [0.15, 0.2) is 0 Å². The molecule has 3 nitrogen and oxygen atoms in total. The highest BCUT2D eigenvalue weighted by molar-refractivity contribution is 7.89. The van der Waals surface area contributed by atoms with Crippen molar-refractivity contribution in [3.63, 3.8) is 0 Å². The fourth-order valence-electron chi connectivity index (χ4n) is 3.27. The van der Waals surface area contributed by atoms with E-state index in [-0.39, 0.29) is 10.7 Å². The van der Waals surface area contributed by atoms with E-state index in [1.807, 2.05) is 6.92 Å². The van der Waals surface area contributed by atoms with Crippen LogP contribution in [0.3, 0.4) is 0 Å². The normalized spacial score (nSPS) is 14.8. The highest BCUT2D eigenvalue weighted by Crippen LogP contribution is 2.29. The molecule has 2 aromatic rings. The van der Waals surface area contributed by atoms with Gasteiger partial charge < -0.3 is 0 Å². The summed E-state index contributed by atoms with van der Waals surface area (Å²) in [6.07, 6.45) is 4.78. The second-order valence-electron chi connectivity index (χ2n) is 7.05. The van der Waals surface area contributed by atoms with Gasteiger partial charge in [-0.15, -0.1) is 6.58 Å². The van der Waals surface area contributed by atoms with Crippen molar-refractivity contribution >= 4 is 10.0 Å². The van der Waals surface area contributed by atoms with E-state index >= 15 is 0 Å². The molecule has 0 aliphatic carbocycles. The average Bonchev–Trinajstić information content (AvgIpc) is 2.91. The van der Waals surface area contributed by atoms with Gasteiger partial charge in [-0.1, -0.05) is 29.7 Å². The Morgan fingerprint density at radius 1 is 1.07 bits per heavy atom. The molecule has 0 atom stereocenters. The maximum atomic E-state index is 13.4. The van der Waals surface area contributed by atoms with Gasteiger partial charge in [-0.2, -0.15) is 0 Å². The van der Waals surface area contributed by atoms with Crippen molar-refractivity contribution in [2.24, 2.45) is 0 Å². The molecule has 0 N–H and O–H groups in total. The van der Waals surface area contributed by atoms with E-state index in [1.54, 1.807) is 42.5 Å². The number of sulfonamides is 1. The number of halogens is 1. The van der Waals surface area contributed by atoms with Gasteiger partial charge >= 0.3 is 0 Å². The minimum atomic E-state index is -3.73. The summed E-state index contributed by atoms with van der Waals surface area (Å²) in [5, 5.41) is 0. The van der Waals surface area contributed by atoms with Crippen LogP contribution in [0.5, 0.6) is 0 Å². The number of nitrogens with zero attached hydrogens (tertiary/aromatic N) is 1. The fraction of sp³-hybridized carbons (Fsp3) is 0.250. The molecule has 0 radical (unpaired) electrons. The molecular weight excluding hydrogens is 385 g/mol. The molecule has 150 valence electrons. The summed E-state index contributed by atoms with van der Waals surface area (Å²) in [5.41, 5.74) is 3.10. The lowest BCUT2D eigenvalue weighted by Gasteiger charge is -2.24. The van der Waals surface area contributed by atoms with Crippen LogP contribution >= 0.6 is 0 Å². The van der Waals surface area contributed by atoms with E-state index in [9.17, 15) is 12.8 Å². The summed E-state index contributed by atoms with van der Waals surface area (Å²) >= 11 is 0. The molecule has 0 fully saturated rings. The Bertz CT molecular complexity index is 1070. The lowest BCUT2D eigenvalue weighted by Crippen LogP contribution is -2.31. The van der Waals surface area contributed by atoms with Gasteiger partial charge in [0, 0.05) is 12.1 Å². The van der Waals surface area contributed by atoms with Gasteiger partial charge in [-0.05, 0) is 80.5 Å². The quantitative estimate of drug-likeness (QED) is 0.515. The van der Waals surface area contributed by atoms with E-state index in [1.165, 1.54) is 16.4 Å². The Labute approximate surface area is 172 Å². The first-order chi connectivity index (χ1) is 13.9. The van der Waals surface area contributed by atoms with Crippen molar-refractivity contribution in [2.75, 3.05) is 6.54 Å². The summed E-state index contributed by atoms with van der Waals surface area (Å²) in [7, 11) is -3.73. The Balaban J connectivity index is 2.09. The summed E-state index contributed by atoms with van der Waals surface area (Å²) in [6.45, 7) is 6.11. The van der Waals surface area contributed by atoms with Crippen molar-refractivity contribution < 1.29 is 12.8 Å². The highest BCUT2D eigenvalue weighted by atomic mass is 32.2. The predicted molar refractivity (Wildman–Crippen MR) is 114 cm³/mol. The summed E-state index contributed by atoms with van der Waals surface area (Å²) in [5.74, 6) is 5.75. The molecule has 1 aliphatic rings. The molecule has 0 unspecified atom stereocenters. The SMILES string of the molecule is C=CCC1=C(C#Cc2ccc(F)cc2)N(S(=O)(=O)c2ccc(C)cc2)CCCC1. The predicted octanol–water partition coefficient (Wildman–Crippen LogP) is 5.19. The standard InChI is InChI=1S/C24H24FNO2S/c1-3-6-21-7-4-5-18-26(29(27,28)23-15-8-19(2)9-16-23)24(21)17-12-20-10-13-22(25)14-11-20/h3,8-11,13-16H,1,4-7,18H2,2H3. The molecule has 0 amide bonds. The lowest BCUT2D eigenvalue weighted by molar-refractivity contribution is 0.480. The Hall–Kier alpha value is -2.84. The van der Waals surface area contributed by atoms with Gasteiger partial charge in [-0.3, -0.25) is 4.31 Å². The van der Waals surface area contributed by atoms with Crippen molar-refractivity contribution in [3.05, 3.63) is 89.4 Å². The minimum Gasteiger partial charge on any atom is -0.259 e. The monoisotopic (exact) mass is 409 g/mol. The van der Waals surface area contributed by atoms with Crippen LogP contribution in [0.4, 0.5) is 4.39 Å². The van der Waals surface area contributed by atoms with Crippen molar-refractivity contribution in [3.8, 4) is 11.8 Å². The highest BCUT2D eigenvalue weighted by Gasteiger charge is 2.29. The van der Waals surface area contributed by atoms with Crippen molar-refractivity contribution in [2.45, 2.75) is 37.5 Å². The van der Waals surface area contributed by atoms with Crippen LogP contribution in [0.2, 0.25) is 0 Å². The first kappa shape index (κ1) is 20.9. The molecule has 0 spiro atoms. The topological polar surface area (TPSA) is 37.4 Å². The van der Waals surface area contributed by atoms with Crippen molar-refractivity contribution in [1.82, 2.24) is 4.31 Å². The number of benzene rings is 2. The molecular formula is C24H24FNO2S. The molecule has 29 heavy (non-hydrogen) atoms. The van der Waals surface area contributed by atoms with Gasteiger partial charge in [0.1, 0.15) is 11.5 Å². The second kappa shape index (κ2) is 9.11. The number of hydrogen-bond donors (Lipinski definition) is 0. The maximum absolute atomic E-state index is 13.4. The van der Waals surface area contributed by atoms with E-state index in [0.717, 1.165) is 30.4 Å². The fourth-order valence-corrected chi connectivity index (χ4v) is 4.79. The third-order valence-corrected chi connectivity index (χ3v) is 6.66. The van der Waals surface area contributed by atoms with Gasteiger partial charge in [0.25, 0.3) is 10.0 Å². The van der Waals surface area contributed by atoms with Crippen LogP contribution < -0.4 is 0 Å². The van der Waals surface area contributed by atoms with E-state index in [4.69, 9.17) is 0 Å². The van der Waals surface area contributed by atoms with E-state index in [0.29, 0.717) is 24.2 Å². The van der Waals surface area contributed by atoms with Crippen LogP contribution in [0.15, 0.2) is 77.4 Å². The lowest BCUT2D eigenvalue weighted by atomic mass is 10.0. The smallest absolute Gasteiger partial charge is 0.259 e. The van der Waals surface area contributed by atoms with Crippen LogP contribution in [-0.2, 0) is 10.0 Å². The zero-order chi connectivity index (χ0) is 20.9. The molecule has 0 bridgehead atoms. The largest absolute Gasteiger partial charge is 0.264 e.